The van der Waals surface area contributed by atoms with Gasteiger partial charge in [0.25, 0.3) is 0 Å². The zero-order valence-corrected chi connectivity index (χ0v) is 18.2. The van der Waals surface area contributed by atoms with Crippen molar-refractivity contribution >= 4 is 29.4 Å². The fraction of sp³-hybridized carbons (Fsp3) is 0.375. The number of nitrogens with one attached hydrogen (secondary N) is 1. The van der Waals surface area contributed by atoms with Crippen LogP contribution in [0.25, 0.3) is 0 Å². The molecule has 2 aromatic rings. The third-order valence-corrected chi connectivity index (χ3v) is 5.99. The number of ketones is 1. The van der Waals surface area contributed by atoms with Crippen LogP contribution in [-0.4, -0.2) is 36.1 Å². The highest BCUT2D eigenvalue weighted by molar-refractivity contribution is 8.00. The van der Waals surface area contributed by atoms with Gasteiger partial charge in [-0.3, -0.25) is 9.59 Å². The van der Waals surface area contributed by atoms with Crippen LogP contribution in [0.15, 0.2) is 47.4 Å². The molecule has 0 aliphatic heterocycles. The molecule has 0 spiro atoms. The van der Waals surface area contributed by atoms with Crippen molar-refractivity contribution in [2.45, 2.75) is 50.5 Å². The van der Waals surface area contributed by atoms with Gasteiger partial charge in [-0.05, 0) is 68.9 Å². The van der Waals surface area contributed by atoms with Crippen LogP contribution in [0.2, 0.25) is 0 Å². The smallest absolute Gasteiger partial charge is 0.339 e. The first-order valence-corrected chi connectivity index (χ1v) is 11.3. The number of rotatable bonds is 8. The van der Waals surface area contributed by atoms with E-state index in [1.807, 2.05) is 32.0 Å². The van der Waals surface area contributed by atoms with E-state index < -0.39 is 5.97 Å². The van der Waals surface area contributed by atoms with Gasteiger partial charge < -0.3 is 10.1 Å². The summed E-state index contributed by atoms with van der Waals surface area (Å²) in [7, 11) is 0. The van der Waals surface area contributed by atoms with Crippen LogP contribution in [0.5, 0.6) is 0 Å². The van der Waals surface area contributed by atoms with Crippen molar-refractivity contribution in [3.63, 3.8) is 0 Å². The topological polar surface area (TPSA) is 72.5 Å². The molecule has 1 amide bonds. The molecule has 0 radical (unpaired) electrons. The lowest BCUT2D eigenvalue weighted by molar-refractivity contribution is -0.119. The maximum Gasteiger partial charge on any atom is 0.339 e. The first-order chi connectivity index (χ1) is 14.4. The Morgan fingerprint density at radius 2 is 1.77 bits per heavy atom. The lowest BCUT2D eigenvalue weighted by Crippen LogP contribution is -2.31. The molecule has 0 fully saturated rings. The first-order valence-electron chi connectivity index (χ1n) is 10.3. The van der Waals surface area contributed by atoms with Crippen molar-refractivity contribution < 1.29 is 19.1 Å². The molecule has 0 atom stereocenters. The van der Waals surface area contributed by atoms with E-state index in [4.69, 9.17) is 4.74 Å². The number of benzene rings is 2. The summed E-state index contributed by atoms with van der Waals surface area (Å²) < 4.78 is 5.30. The van der Waals surface area contributed by atoms with Gasteiger partial charge >= 0.3 is 5.97 Å². The second kappa shape index (κ2) is 10.4. The van der Waals surface area contributed by atoms with Crippen molar-refractivity contribution in [3.05, 3.63) is 64.7 Å². The van der Waals surface area contributed by atoms with Crippen molar-refractivity contribution in [2.24, 2.45) is 0 Å². The number of carbonyl (C=O) groups excluding carboxylic acids is 3. The molecule has 6 heteroatoms. The minimum absolute atomic E-state index is 0.0629. The second-order valence-corrected chi connectivity index (χ2v) is 8.71. The van der Waals surface area contributed by atoms with Crippen molar-refractivity contribution in [1.82, 2.24) is 5.32 Å². The summed E-state index contributed by atoms with van der Waals surface area (Å²) in [6, 6.07) is 12.8. The predicted octanol–water partition coefficient (Wildman–Crippen LogP) is 4.22. The normalized spacial score (nSPS) is 12.9. The van der Waals surface area contributed by atoms with Gasteiger partial charge in [0.15, 0.2) is 12.4 Å². The van der Waals surface area contributed by atoms with Gasteiger partial charge in [-0.2, -0.15) is 0 Å². The lowest BCUT2D eigenvalue weighted by atomic mass is 9.90. The number of hydrogen-bond donors (Lipinski definition) is 1. The first kappa shape index (κ1) is 22.1. The maximum atomic E-state index is 12.6. The Hall–Kier alpha value is -2.60. The molecule has 0 saturated heterocycles. The molecular formula is C24H27NO4S. The molecule has 158 valence electrons. The molecule has 1 aliphatic rings. The fourth-order valence-corrected chi connectivity index (χ4v) is 4.32. The Morgan fingerprint density at radius 3 is 2.53 bits per heavy atom. The van der Waals surface area contributed by atoms with Crippen molar-refractivity contribution in [3.8, 4) is 0 Å². The van der Waals surface area contributed by atoms with Gasteiger partial charge in [-0.15, -0.1) is 11.8 Å². The Balaban J connectivity index is 1.59. The summed E-state index contributed by atoms with van der Waals surface area (Å²) in [5.41, 5.74) is 3.47. The monoisotopic (exact) mass is 425 g/mol. The zero-order chi connectivity index (χ0) is 21.5. The molecular weight excluding hydrogens is 398 g/mol. The molecule has 30 heavy (non-hydrogen) atoms. The molecule has 1 aliphatic carbocycles. The maximum absolute atomic E-state index is 12.6. The Kier molecular flexibility index (Phi) is 7.69. The van der Waals surface area contributed by atoms with E-state index in [1.54, 1.807) is 24.3 Å². The number of Topliss-reactive ketones (excluding diaryl/α,β-unsaturated/α-hetero) is 1. The highest BCUT2D eigenvalue weighted by Gasteiger charge is 2.18. The summed E-state index contributed by atoms with van der Waals surface area (Å²) in [6.45, 7) is 3.49. The number of aryl methyl sites for hydroxylation is 2. The summed E-state index contributed by atoms with van der Waals surface area (Å²) in [4.78, 5) is 37.6. The number of fused-ring (bicyclic) bond motifs is 1. The fourth-order valence-electron chi connectivity index (χ4n) is 3.47. The van der Waals surface area contributed by atoms with E-state index in [9.17, 15) is 14.4 Å². The van der Waals surface area contributed by atoms with E-state index in [2.05, 4.69) is 5.32 Å². The van der Waals surface area contributed by atoms with E-state index in [1.165, 1.54) is 29.3 Å². The van der Waals surface area contributed by atoms with Crippen LogP contribution in [-0.2, 0) is 22.4 Å². The molecule has 2 aromatic carbocycles. The number of carbonyl (C=O) groups is 3. The Labute approximate surface area is 181 Å². The average Bonchev–Trinajstić information content (AvgIpc) is 2.75. The lowest BCUT2D eigenvalue weighted by Gasteiger charge is -2.16. The van der Waals surface area contributed by atoms with Gasteiger partial charge in [0.1, 0.15) is 0 Å². The van der Waals surface area contributed by atoms with Gasteiger partial charge in [0, 0.05) is 16.5 Å². The molecule has 1 N–H and O–H groups in total. The van der Waals surface area contributed by atoms with Crippen LogP contribution in [0.1, 0.15) is 58.5 Å². The summed E-state index contributed by atoms with van der Waals surface area (Å²) in [5.74, 6) is -0.663. The Morgan fingerprint density at radius 1 is 1.03 bits per heavy atom. The number of thioether (sulfide) groups is 1. The number of esters is 1. The minimum atomic E-state index is -0.561. The number of amides is 1. The SMILES string of the molecule is CC(C)NC(=O)CSc1ccccc1C(=O)OCC(=O)c1ccc2c(c1)CCCC2. The zero-order valence-electron chi connectivity index (χ0n) is 17.4. The van der Waals surface area contributed by atoms with Gasteiger partial charge in [0.2, 0.25) is 5.91 Å². The molecule has 0 heterocycles. The van der Waals surface area contributed by atoms with Gasteiger partial charge in [0.05, 0.1) is 11.3 Å². The van der Waals surface area contributed by atoms with Crippen molar-refractivity contribution in [2.75, 3.05) is 12.4 Å². The number of ether oxygens (including phenoxy) is 1. The highest BCUT2D eigenvalue weighted by Crippen LogP contribution is 2.24. The molecule has 0 bridgehead atoms. The summed E-state index contributed by atoms with van der Waals surface area (Å²) >= 11 is 1.27. The molecule has 0 aromatic heterocycles. The molecule has 0 unspecified atom stereocenters. The summed E-state index contributed by atoms with van der Waals surface area (Å²) in [6.07, 6.45) is 4.38. The average molecular weight is 426 g/mol. The van der Waals surface area contributed by atoms with Crippen LogP contribution in [0, 0.1) is 0 Å². The third-order valence-electron chi connectivity index (χ3n) is 4.92. The number of hydrogen-bond acceptors (Lipinski definition) is 5. The van der Waals surface area contributed by atoms with Crippen LogP contribution < -0.4 is 5.32 Å². The second-order valence-electron chi connectivity index (χ2n) is 7.70. The molecule has 5 nitrogen and oxygen atoms in total. The quantitative estimate of drug-likeness (QED) is 0.389. The van der Waals surface area contributed by atoms with Gasteiger partial charge in [-0.1, -0.05) is 24.3 Å². The van der Waals surface area contributed by atoms with Crippen LogP contribution in [0.4, 0.5) is 0 Å². The Bertz CT molecular complexity index is 939. The van der Waals surface area contributed by atoms with Crippen LogP contribution in [0.3, 0.4) is 0 Å². The third kappa shape index (κ3) is 5.95. The molecule has 0 saturated carbocycles. The van der Waals surface area contributed by atoms with E-state index >= 15 is 0 Å². The minimum Gasteiger partial charge on any atom is -0.454 e. The predicted molar refractivity (Wildman–Crippen MR) is 118 cm³/mol. The standard InChI is InChI=1S/C24H27NO4S/c1-16(2)25-23(27)15-30-22-10-6-5-9-20(22)24(28)29-14-21(26)19-12-11-17-7-3-4-8-18(17)13-19/h5-6,9-13,16H,3-4,7-8,14-15H2,1-2H3,(H,25,27). The largest absolute Gasteiger partial charge is 0.454 e. The van der Waals surface area contributed by atoms with E-state index in [0.717, 1.165) is 19.3 Å². The van der Waals surface area contributed by atoms with Gasteiger partial charge in [-0.25, -0.2) is 4.79 Å². The van der Waals surface area contributed by atoms with E-state index in [0.29, 0.717) is 16.0 Å². The molecule has 3 rings (SSSR count). The van der Waals surface area contributed by atoms with Crippen molar-refractivity contribution in [1.29, 1.82) is 0 Å². The summed E-state index contributed by atoms with van der Waals surface area (Å²) in [5, 5.41) is 2.82. The highest BCUT2D eigenvalue weighted by atomic mass is 32.2. The van der Waals surface area contributed by atoms with E-state index in [-0.39, 0.29) is 30.1 Å². The van der Waals surface area contributed by atoms with Crippen LogP contribution >= 0.6 is 11.8 Å².